The van der Waals surface area contributed by atoms with Gasteiger partial charge in [-0.3, -0.25) is 0 Å². The second kappa shape index (κ2) is 4.66. The van der Waals surface area contributed by atoms with E-state index >= 15 is 0 Å². The minimum absolute atomic E-state index is 0.660. The molecule has 0 saturated carbocycles. The van der Waals surface area contributed by atoms with E-state index in [2.05, 4.69) is 0 Å². The highest BCUT2D eigenvalue weighted by Gasteiger charge is 2.16. The van der Waals surface area contributed by atoms with Gasteiger partial charge in [0.05, 0.1) is 0 Å². The van der Waals surface area contributed by atoms with E-state index in [1.54, 1.807) is 13.0 Å². The molecule has 0 saturated heterocycles. The van der Waals surface area contributed by atoms with E-state index in [0.29, 0.717) is 5.31 Å². The van der Waals surface area contributed by atoms with E-state index in [-0.39, 0.29) is 0 Å². The first kappa shape index (κ1) is 8.80. The molecule has 0 aromatic heterocycles. The van der Waals surface area contributed by atoms with Crippen LogP contribution in [0.3, 0.4) is 0 Å². The quantitative estimate of drug-likeness (QED) is 0.622. The predicted octanol–water partition coefficient (Wildman–Crippen LogP) is 2.43. The van der Waals surface area contributed by atoms with Crippen LogP contribution in [0.2, 0.25) is 0 Å². The molecule has 52 valence electrons. The minimum atomic E-state index is -2.06. The van der Waals surface area contributed by atoms with Gasteiger partial charge in [-0.25, -0.2) is 0 Å². The molecule has 0 aromatic rings. The first-order valence-electron chi connectivity index (χ1n) is 3.03. The monoisotopic (exact) mass is 147 g/mol. The standard InChI is InChI=1S/C6H11O2P/c1-3-5-6(4-2)9(7)8/h4H,3,5H2,1-2H3/p+1/b6-4+. The minimum Gasteiger partial charge on any atom is -0.156 e. The average molecular weight is 147 g/mol. The lowest BCUT2D eigenvalue weighted by Gasteiger charge is -1.83. The van der Waals surface area contributed by atoms with Gasteiger partial charge in [0.1, 0.15) is 0 Å². The Morgan fingerprint density at radius 3 is 2.44 bits per heavy atom. The summed E-state index contributed by atoms with van der Waals surface area (Å²) in [7, 11) is -2.06. The van der Waals surface area contributed by atoms with Crippen LogP contribution in [0.5, 0.6) is 0 Å². The highest BCUT2D eigenvalue weighted by molar-refractivity contribution is 7.43. The van der Waals surface area contributed by atoms with Crippen LogP contribution in [-0.4, -0.2) is 4.89 Å². The van der Waals surface area contributed by atoms with Crippen LogP contribution in [0.4, 0.5) is 0 Å². The van der Waals surface area contributed by atoms with Crippen molar-refractivity contribution in [3.63, 3.8) is 0 Å². The van der Waals surface area contributed by atoms with Gasteiger partial charge in [-0.15, -0.1) is 0 Å². The molecule has 1 atom stereocenters. The molecule has 9 heavy (non-hydrogen) atoms. The van der Waals surface area contributed by atoms with Crippen LogP contribution in [0.1, 0.15) is 26.7 Å². The van der Waals surface area contributed by atoms with Crippen molar-refractivity contribution < 1.29 is 9.46 Å². The third kappa shape index (κ3) is 3.39. The average Bonchev–Trinajstić information content (AvgIpc) is 1.82. The van der Waals surface area contributed by atoms with Crippen LogP contribution in [0, 0.1) is 0 Å². The summed E-state index contributed by atoms with van der Waals surface area (Å²) in [5.74, 6) is 0. The molecule has 0 aliphatic carbocycles. The Bertz CT molecular complexity index is 129. The van der Waals surface area contributed by atoms with Gasteiger partial charge in [0.25, 0.3) is 0 Å². The van der Waals surface area contributed by atoms with E-state index in [1.165, 1.54) is 0 Å². The second-order valence-corrected chi connectivity index (χ2v) is 2.92. The molecule has 2 nitrogen and oxygen atoms in total. The molecular formula is C6H12O2P+. The van der Waals surface area contributed by atoms with Gasteiger partial charge in [-0.1, -0.05) is 6.92 Å². The molecule has 0 amide bonds. The van der Waals surface area contributed by atoms with Crippen molar-refractivity contribution >= 4 is 8.03 Å². The summed E-state index contributed by atoms with van der Waals surface area (Å²) >= 11 is 0. The predicted molar refractivity (Wildman–Crippen MR) is 38.5 cm³/mol. The van der Waals surface area contributed by atoms with Gasteiger partial charge in [-0.2, -0.15) is 4.89 Å². The van der Waals surface area contributed by atoms with E-state index in [0.717, 1.165) is 12.8 Å². The van der Waals surface area contributed by atoms with E-state index in [4.69, 9.17) is 4.89 Å². The number of rotatable bonds is 3. The summed E-state index contributed by atoms with van der Waals surface area (Å²) in [6.07, 6.45) is 3.38. The topological polar surface area (TPSA) is 37.3 Å². The van der Waals surface area contributed by atoms with E-state index in [1.807, 2.05) is 6.92 Å². The molecule has 0 bridgehead atoms. The van der Waals surface area contributed by atoms with Crippen LogP contribution in [0.15, 0.2) is 11.4 Å². The van der Waals surface area contributed by atoms with Crippen molar-refractivity contribution in [2.75, 3.05) is 0 Å². The molecule has 0 spiro atoms. The molecule has 0 aliphatic heterocycles. The van der Waals surface area contributed by atoms with Gasteiger partial charge >= 0.3 is 8.03 Å². The first-order valence-corrected chi connectivity index (χ1v) is 4.25. The molecule has 0 radical (unpaired) electrons. The lowest BCUT2D eigenvalue weighted by Crippen LogP contribution is -1.73. The summed E-state index contributed by atoms with van der Waals surface area (Å²) in [5.41, 5.74) is 0. The number of hydrogen-bond acceptors (Lipinski definition) is 1. The zero-order valence-corrected chi connectivity index (χ0v) is 6.69. The molecular weight excluding hydrogens is 135 g/mol. The van der Waals surface area contributed by atoms with Crippen LogP contribution in [-0.2, 0) is 4.57 Å². The van der Waals surface area contributed by atoms with Crippen molar-refractivity contribution in [2.45, 2.75) is 26.7 Å². The maximum atomic E-state index is 10.4. The molecule has 1 N–H and O–H groups in total. The molecule has 0 aromatic carbocycles. The summed E-state index contributed by atoms with van der Waals surface area (Å²) in [4.78, 5) is 8.58. The van der Waals surface area contributed by atoms with E-state index < -0.39 is 8.03 Å². The third-order valence-electron chi connectivity index (χ3n) is 1.09. The fourth-order valence-electron chi connectivity index (χ4n) is 0.607. The largest absolute Gasteiger partial charge is 0.541 e. The van der Waals surface area contributed by atoms with Gasteiger partial charge in [0.15, 0.2) is 5.31 Å². The zero-order valence-electron chi connectivity index (χ0n) is 5.79. The Balaban J connectivity index is 3.85. The SMILES string of the molecule is C/C=C(\CCC)[P+](=O)O. The van der Waals surface area contributed by atoms with Gasteiger partial charge < -0.3 is 0 Å². The highest BCUT2D eigenvalue weighted by atomic mass is 31.1. The molecule has 3 heteroatoms. The Morgan fingerprint density at radius 2 is 2.33 bits per heavy atom. The molecule has 0 fully saturated rings. The lowest BCUT2D eigenvalue weighted by molar-refractivity contribution is 0.507. The van der Waals surface area contributed by atoms with Gasteiger partial charge in [-0.05, 0) is 24.0 Å². The highest BCUT2D eigenvalue weighted by Crippen LogP contribution is 2.30. The number of allylic oxidation sites excluding steroid dienone is 2. The van der Waals surface area contributed by atoms with Crippen LogP contribution in [0.25, 0.3) is 0 Å². The first-order chi connectivity index (χ1) is 4.22. The van der Waals surface area contributed by atoms with Crippen molar-refractivity contribution in [3.8, 4) is 0 Å². The van der Waals surface area contributed by atoms with Crippen molar-refractivity contribution in [1.82, 2.24) is 0 Å². The van der Waals surface area contributed by atoms with Crippen molar-refractivity contribution in [3.05, 3.63) is 11.4 Å². The Kier molecular flexibility index (Phi) is 4.55. The van der Waals surface area contributed by atoms with E-state index in [9.17, 15) is 4.57 Å². The molecule has 0 rings (SSSR count). The Hall–Kier alpha value is -0.200. The summed E-state index contributed by atoms with van der Waals surface area (Å²) < 4.78 is 10.4. The smallest absolute Gasteiger partial charge is 0.156 e. The maximum absolute atomic E-state index is 10.4. The molecule has 1 unspecified atom stereocenters. The number of hydrogen-bond donors (Lipinski definition) is 1. The van der Waals surface area contributed by atoms with Crippen LogP contribution >= 0.6 is 8.03 Å². The zero-order chi connectivity index (χ0) is 7.28. The maximum Gasteiger partial charge on any atom is 0.541 e. The third-order valence-corrected chi connectivity index (χ3v) is 2.06. The van der Waals surface area contributed by atoms with Gasteiger partial charge in [0, 0.05) is 6.42 Å². The fourth-order valence-corrected chi connectivity index (χ4v) is 1.24. The van der Waals surface area contributed by atoms with Crippen LogP contribution < -0.4 is 0 Å². The Morgan fingerprint density at radius 1 is 1.78 bits per heavy atom. The summed E-state index contributed by atoms with van der Waals surface area (Å²) in [5, 5.41) is 0.660. The normalized spacial score (nSPS) is 13.7. The summed E-state index contributed by atoms with van der Waals surface area (Å²) in [6, 6.07) is 0. The lowest BCUT2D eigenvalue weighted by atomic mass is 10.3. The Labute approximate surface area is 56.5 Å². The van der Waals surface area contributed by atoms with Crippen molar-refractivity contribution in [2.24, 2.45) is 0 Å². The summed E-state index contributed by atoms with van der Waals surface area (Å²) in [6.45, 7) is 3.77. The second-order valence-electron chi connectivity index (χ2n) is 1.80. The fraction of sp³-hybridized carbons (Fsp3) is 0.667. The molecule has 0 aliphatic rings. The van der Waals surface area contributed by atoms with Crippen molar-refractivity contribution in [1.29, 1.82) is 0 Å². The molecule has 0 heterocycles. The van der Waals surface area contributed by atoms with Gasteiger partial charge in [0.2, 0.25) is 0 Å².